The summed E-state index contributed by atoms with van der Waals surface area (Å²) in [5.74, 6) is 0. The molecular weight excluding hydrogens is 418 g/mol. The molecule has 0 saturated carbocycles. The van der Waals surface area contributed by atoms with E-state index >= 15 is 0 Å². The minimum atomic E-state index is -0.266. The Kier molecular flexibility index (Phi) is 5.11. The van der Waals surface area contributed by atoms with Crippen LogP contribution in [-0.4, -0.2) is 82.0 Å². The minimum Gasteiger partial charge on any atom is -0.377 e. The Morgan fingerprint density at radius 3 is 2.65 bits per heavy atom. The molecule has 10 heteroatoms. The first-order valence-electron chi connectivity index (χ1n) is 10.6. The van der Waals surface area contributed by atoms with E-state index in [0.29, 0.717) is 6.54 Å². The second kappa shape index (κ2) is 7.81. The Bertz CT molecular complexity index is 1110. The molecule has 0 aliphatic carbocycles. The maximum absolute atomic E-state index is 12.0. The molecule has 31 heavy (non-hydrogen) atoms. The van der Waals surface area contributed by atoms with Gasteiger partial charge in [-0.3, -0.25) is 4.90 Å². The molecule has 2 aliphatic rings. The van der Waals surface area contributed by atoms with Crippen LogP contribution in [0.5, 0.6) is 0 Å². The van der Waals surface area contributed by atoms with Crippen LogP contribution in [0.25, 0.3) is 16.6 Å². The number of nitrogens with one attached hydrogen (secondary N) is 1. The van der Waals surface area contributed by atoms with Crippen molar-refractivity contribution in [3.05, 3.63) is 35.7 Å². The van der Waals surface area contributed by atoms with Gasteiger partial charge in [0.2, 0.25) is 0 Å². The van der Waals surface area contributed by atoms with Crippen molar-refractivity contribution in [3.63, 3.8) is 0 Å². The number of carbonyl (C=O) groups is 1. The molecule has 1 N–H and O–H groups in total. The third kappa shape index (κ3) is 3.56. The fraction of sp³-hybridized carbons (Fsp3) is 0.476. The molecule has 1 aromatic carbocycles. The van der Waals surface area contributed by atoms with E-state index < -0.39 is 0 Å². The standard InChI is InChI=1S/C21H26ClN7O2/c1-3-23-20(30)28-12-16(11-24-28)29-18-9-19(17(22)8-15(18)10-25-29)26-4-6-27(7-5-26)21(2)13-31-14-21/h8-12H,3-7,13-14H2,1-2H3,(H,23,30). The van der Waals surface area contributed by atoms with Crippen molar-refractivity contribution in [2.45, 2.75) is 19.4 Å². The van der Waals surface area contributed by atoms with Crippen LogP contribution in [0.2, 0.25) is 5.02 Å². The third-order valence-corrected chi connectivity index (χ3v) is 6.50. The molecule has 0 bridgehead atoms. The molecule has 0 atom stereocenters. The average Bonchev–Trinajstić information content (AvgIpc) is 3.38. The summed E-state index contributed by atoms with van der Waals surface area (Å²) >= 11 is 6.66. The fourth-order valence-electron chi connectivity index (χ4n) is 4.32. The Balaban J connectivity index is 1.41. The fourth-order valence-corrected chi connectivity index (χ4v) is 4.61. The number of halogens is 1. The van der Waals surface area contributed by atoms with Crippen LogP contribution in [0.15, 0.2) is 30.7 Å². The maximum Gasteiger partial charge on any atom is 0.342 e. The Hall–Kier alpha value is -2.62. The number of piperazine rings is 1. The highest BCUT2D eigenvalue weighted by atomic mass is 35.5. The quantitative estimate of drug-likeness (QED) is 0.666. The van der Waals surface area contributed by atoms with Gasteiger partial charge in [0, 0.05) is 38.1 Å². The van der Waals surface area contributed by atoms with Gasteiger partial charge in [0.25, 0.3) is 0 Å². The number of hydrogen-bond donors (Lipinski definition) is 1. The van der Waals surface area contributed by atoms with Crippen LogP contribution in [0.1, 0.15) is 13.8 Å². The van der Waals surface area contributed by atoms with Crippen LogP contribution < -0.4 is 10.2 Å². The van der Waals surface area contributed by atoms with Gasteiger partial charge in [-0.2, -0.15) is 14.9 Å². The van der Waals surface area contributed by atoms with Gasteiger partial charge < -0.3 is 15.0 Å². The predicted octanol–water partition coefficient (Wildman–Crippen LogP) is 2.36. The summed E-state index contributed by atoms with van der Waals surface area (Å²) in [7, 11) is 0. The average molecular weight is 444 g/mol. The zero-order valence-electron chi connectivity index (χ0n) is 17.7. The van der Waals surface area contributed by atoms with Crippen molar-refractivity contribution in [1.82, 2.24) is 29.8 Å². The molecule has 2 aliphatic heterocycles. The van der Waals surface area contributed by atoms with Crippen LogP contribution in [0.3, 0.4) is 0 Å². The molecule has 5 rings (SSSR count). The first-order valence-corrected chi connectivity index (χ1v) is 10.9. The number of amides is 1. The van der Waals surface area contributed by atoms with Crippen LogP contribution in [-0.2, 0) is 4.74 Å². The number of benzene rings is 1. The van der Waals surface area contributed by atoms with Gasteiger partial charge in [-0.1, -0.05) is 11.6 Å². The summed E-state index contributed by atoms with van der Waals surface area (Å²) in [6, 6.07) is 3.77. The second-order valence-corrected chi connectivity index (χ2v) is 8.77. The van der Waals surface area contributed by atoms with Crippen molar-refractivity contribution < 1.29 is 9.53 Å². The van der Waals surface area contributed by atoms with Gasteiger partial charge in [0.15, 0.2) is 0 Å². The summed E-state index contributed by atoms with van der Waals surface area (Å²) in [5, 5.41) is 13.1. The van der Waals surface area contributed by atoms with E-state index in [-0.39, 0.29) is 11.6 Å². The van der Waals surface area contributed by atoms with E-state index in [0.717, 1.165) is 66.7 Å². The van der Waals surface area contributed by atoms with Gasteiger partial charge in [-0.05, 0) is 26.0 Å². The van der Waals surface area contributed by atoms with E-state index in [4.69, 9.17) is 16.3 Å². The summed E-state index contributed by atoms with van der Waals surface area (Å²) in [6.45, 7) is 10.1. The number of carbonyl (C=O) groups excluding carboxylic acids is 1. The molecule has 164 valence electrons. The lowest BCUT2D eigenvalue weighted by atomic mass is 9.97. The molecule has 2 aromatic heterocycles. The van der Waals surface area contributed by atoms with Gasteiger partial charge in [0.05, 0.1) is 53.6 Å². The summed E-state index contributed by atoms with van der Waals surface area (Å²) in [6.07, 6.45) is 5.09. The normalized spacial score (nSPS) is 18.9. The van der Waals surface area contributed by atoms with Crippen molar-refractivity contribution >= 4 is 34.2 Å². The van der Waals surface area contributed by atoms with Gasteiger partial charge in [-0.25, -0.2) is 9.48 Å². The molecule has 2 fully saturated rings. The van der Waals surface area contributed by atoms with Crippen LogP contribution in [0, 0.1) is 0 Å². The number of hydrogen-bond acceptors (Lipinski definition) is 6. The molecule has 0 unspecified atom stereocenters. The number of aromatic nitrogens is 4. The molecule has 0 radical (unpaired) electrons. The zero-order valence-corrected chi connectivity index (χ0v) is 18.5. The van der Waals surface area contributed by atoms with Gasteiger partial charge >= 0.3 is 6.03 Å². The summed E-state index contributed by atoms with van der Waals surface area (Å²) < 4.78 is 8.51. The topological polar surface area (TPSA) is 80.5 Å². The van der Waals surface area contributed by atoms with Gasteiger partial charge in [-0.15, -0.1) is 0 Å². The lowest BCUT2D eigenvalue weighted by molar-refractivity contribution is -0.131. The van der Waals surface area contributed by atoms with Crippen molar-refractivity contribution in [2.24, 2.45) is 0 Å². The van der Waals surface area contributed by atoms with Crippen molar-refractivity contribution in [1.29, 1.82) is 0 Å². The van der Waals surface area contributed by atoms with E-state index in [1.165, 1.54) is 4.68 Å². The first kappa shape index (κ1) is 20.3. The summed E-state index contributed by atoms with van der Waals surface area (Å²) in [5.41, 5.74) is 2.82. The third-order valence-electron chi connectivity index (χ3n) is 6.20. The number of ether oxygens (including phenoxy) is 1. The smallest absolute Gasteiger partial charge is 0.342 e. The highest BCUT2D eigenvalue weighted by Gasteiger charge is 2.40. The second-order valence-electron chi connectivity index (χ2n) is 8.36. The van der Waals surface area contributed by atoms with E-state index in [2.05, 4.69) is 38.3 Å². The Labute approximate surface area is 185 Å². The van der Waals surface area contributed by atoms with Crippen LogP contribution >= 0.6 is 11.6 Å². The molecule has 0 spiro atoms. The maximum atomic E-state index is 12.0. The van der Waals surface area contributed by atoms with E-state index in [1.807, 2.05) is 13.0 Å². The highest BCUT2D eigenvalue weighted by Crippen LogP contribution is 2.34. The van der Waals surface area contributed by atoms with E-state index in [1.54, 1.807) is 23.3 Å². The lowest BCUT2D eigenvalue weighted by Crippen LogP contribution is -2.64. The largest absolute Gasteiger partial charge is 0.377 e. The molecule has 4 heterocycles. The van der Waals surface area contributed by atoms with E-state index in [9.17, 15) is 4.79 Å². The minimum absolute atomic E-state index is 0.169. The first-order chi connectivity index (χ1) is 15.0. The SMILES string of the molecule is CCNC(=O)n1cc(-n2ncc3cc(Cl)c(N4CCN(C5(C)COC5)CC4)cc32)cn1. The zero-order chi connectivity index (χ0) is 21.6. The highest BCUT2D eigenvalue weighted by molar-refractivity contribution is 6.34. The number of anilines is 1. The lowest BCUT2D eigenvalue weighted by Gasteiger charge is -2.50. The Morgan fingerprint density at radius 2 is 1.97 bits per heavy atom. The number of rotatable bonds is 4. The van der Waals surface area contributed by atoms with Gasteiger partial charge in [0.1, 0.15) is 5.69 Å². The Morgan fingerprint density at radius 1 is 1.19 bits per heavy atom. The molecule has 2 saturated heterocycles. The van der Waals surface area contributed by atoms with Crippen molar-refractivity contribution in [3.8, 4) is 5.69 Å². The van der Waals surface area contributed by atoms with Crippen LogP contribution in [0.4, 0.5) is 10.5 Å². The molecule has 9 nitrogen and oxygen atoms in total. The molecular formula is C21H26ClN7O2. The summed E-state index contributed by atoms with van der Waals surface area (Å²) in [4.78, 5) is 16.9. The number of nitrogens with zero attached hydrogens (tertiary/aromatic N) is 6. The molecule has 3 aromatic rings. The monoisotopic (exact) mass is 443 g/mol. The van der Waals surface area contributed by atoms with Crippen molar-refractivity contribution in [2.75, 3.05) is 50.8 Å². The number of fused-ring (bicyclic) bond motifs is 1. The predicted molar refractivity (Wildman–Crippen MR) is 119 cm³/mol. The molecule has 1 amide bonds.